The Morgan fingerprint density at radius 3 is 2.82 bits per heavy atom. The lowest BCUT2D eigenvalue weighted by Gasteiger charge is -2.02. The molecule has 0 aliphatic rings. The summed E-state index contributed by atoms with van der Waals surface area (Å²) in [5.74, 6) is 0. The molecule has 1 heterocycles. The fourth-order valence-corrected chi connectivity index (χ4v) is 0.966. The Morgan fingerprint density at radius 2 is 2.45 bits per heavy atom. The molecule has 1 aromatic heterocycles. The van der Waals surface area contributed by atoms with Crippen LogP contribution in [0.4, 0.5) is 0 Å². The fraction of sp³-hybridized carbons (Fsp3) is 0.222. The molecule has 0 amide bonds. The van der Waals surface area contributed by atoms with Gasteiger partial charge in [-0.3, -0.25) is 0 Å². The van der Waals surface area contributed by atoms with Crippen LogP contribution in [0, 0.1) is 6.92 Å². The zero-order chi connectivity index (χ0) is 8.27. The molecule has 1 aromatic rings. The number of hydrogen-bond donors (Lipinski definition) is 0. The summed E-state index contributed by atoms with van der Waals surface area (Å²) in [6.07, 6.45) is 5.55. The number of aryl methyl sites for hydroxylation is 1. The summed E-state index contributed by atoms with van der Waals surface area (Å²) in [5, 5.41) is 4.13. The van der Waals surface area contributed by atoms with Crippen molar-refractivity contribution in [2.75, 3.05) is 0 Å². The Hall–Kier alpha value is -1.31. The largest absolute Gasteiger partial charge is 0.238 e. The lowest BCUT2D eigenvalue weighted by Crippen LogP contribution is -1.97. The van der Waals surface area contributed by atoms with Crippen molar-refractivity contribution in [1.29, 1.82) is 0 Å². The van der Waals surface area contributed by atoms with E-state index < -0.39 is 0 Å². The molecule has 0 spiro atoms. The van der Waals surface area contributed by atoms with Gasteiger partial charge in [0.15, 0.2) is 0 Å². The second kappa shape index (κ2) is 3.19. The summed E-state index contributed by atoms with van der Waals surface area (Å²) < 4.78 is 1.85. The Balaban J connectivity index is 3.09. The van der Waals surface area contributed by atoms with E-state index in [-0.39, 0.29) is 0 Å². The molecular formula is C9H12N2. The molecule has 1 rings (SSSR count). The third kappa shape index (κ3) is 1.40. The molecule has 0 atom stereocenters. The standard InChI is InChI=1S/C9H12N2/c1-4-9(5-2)11-8(3)6-7-10-11/h4-7H,1H2,2-3H3/b9-5+. The van der Waals surface area contributed by atoms with E-state index in [1.165, 1.54) is 0 Å². The normalized spacial score (nSPS) is 11.6. The monoisotopic (exact) mass is 148 g/mol. The van der Waals surface area contributed by atoms with Crippen molar-refractivity contribution in [3.8, 4) is 0 Å². The predicted molar refractivity (Wildman–Crippen MR) is 47.1 cm³/mol. The highest BCUT2D eigenvalue weighted by Gasteiger charge is 1.97. The highest BCUT2D eigenvalue weighted by molar-refractivity contribution is 5.55. The number of allylic oxidation sites excluding steroid dienone is 3. The van der Waals surface area contributed by atoms with E-state index in [2.05, 4.69) is 11.7 Å². The number of rotatable bonds is 2. The van der Waals surface area contributed by atoms with E-state index in [1.807, 2.05) is 30.7 Å². The second-order valence-electron chi connectivity index (χ2n) is 2.30. The van der Waals surface area contributed by atoms with Crippen LogP contribution in [0.2, 0.25) is 0 Å². The van der Waals surface area contributed by atoms with Gasteiger partial charge < -0.3 is 0 Å². The van der Waals surface area contributed by atoms with E-state index in [9.17, 15) is 0 Å². The minimum Gasteiger partial charge on any atom is -0.238 e. The molecule has 2 nitrogen and oxygen atoms in total. The molecule has 0 N–H and O–H groups in total. The SMILES string of the molecule is C=C/C(=C\C)n1nccc1C. The van der Waals surface area contributed by atoms with Crippen LogP contribution in [0.5, 0.6) is 0 Å². The van der Waals surface area contributed by atoms with Gasteiger partial charge in [0.2, 0.25) is 0 Å². The quantitative estimate of drug-likeness (QED) is 0.588. The molecule has 2 heteroatoms. The maximum Gasteiger partial charge on any atom is 0.0600 e. The first-order chi connectivity index (χ1) is 5.29. The van der Waals surface area contributed by atoms with Crippen LogP contribution in [0.15, 0.2) is 31.0 Å². The van der Waals surface area contributed by atoms with Gasteiger partial charge in [0.1, 0.15) is 0 Å². The first-order valence-electron chi connectivity index (χ1n) is 3.59. The van der Waals surface area contributed by atoms with Gasteiger partial charge in [0.25, 0.3) is 0 Å². The lowest BCUT2D eigenvalue weighted by molar-refractivity contribution is 0.874. The Bertz CT molecular complexity index is 282. The Morgan fingerprint density at radius 1 is 1.73 bits per heavy atom. The van der Waals surface area contributed by atoms with Gasteiger partial charge >= 0.3 is 0 Å². The van der Waals surface area contributed by atoms with Crippen molar-refractivity contribution in [2.24, 2.45) is 0 Å². The second-order valence-corrected chi connectivity index (χ2v) is 2.30. The van der Waals surface area contributed by atoms with Crippen molar-refractivity contribution < 1.29 is 0 Å². The van der Waals surface area contributed by atoms with E-state index >= 15 is 0 Å². The summed E-state index contributed by atoms with van der Waals surface area (Å²) >= 11 is 0. The zero-order valence-corrected chi connectivity index (χ0v) is 6.91. The molecular weight excluding hydrogens is 136 g/mol. The Labute approximate surface area is 66.8 Å². The van der Waals surface area contributed by atoms with Crippen LogP contribution in [-0.2, 0) is 0 Å². The summed E-state index contributed by atoms with van der Waals surface area (Å²) in [4.78, 5) is 0. The molecule has 0 unspecified atom stereocenters. The first kappa shape index (κ1) is 7.79. The van der Waals surface area contributed by atoms with Gasteiger partial charge in [0.05, 0.1) is 5.70 Å². The van der Waals surface area contributed by atoms with Gasteiger partial charge in [-0.05, 0) is 26.0 Å². The smallest absolute Gasteiger partial charge is 0.0600 e. The van der Waals surface area contributed by atoms with Crippen LogP contribution < -0.4 is 0 Å². The van der Waals surface area contributed by atoms with Gasteiger partial charge in [0, 0.05) is 11.9 Å². The molecule has 11 heavy (non-hydrogen) atoms. The van der Waals surface area contributed by atoms with E-state index in [0.29, 0.717) is 0 Å². The highest BCUT2D eigenvalue weighted by atomic mass is 15.3. The maximum absolute atomic E-state index is 4.13. The third-order valence-corrected chi connectivity index (χ3v) is 1.58. The van der Waals surface area contributed by atoms with Crippen molar-refractivity contribution >= 4 is 5.70 Å². The van der Waals surface area contributed by atoms with Gasteiger partial charge in [-0.1, -0.05) is 12.7 Å². The predicted octanol–water partition coefficient (Wildman–Crippen LogP) is 2.24. The van der Waals surface area contributed by atoms with Crippen LogP contribution in [-0.4, -0.2) is 9.78 Å². The van der Waals surface area contributed by atoms with Crippen LogP contribution in [0.1, 0.15) is 12.6 Å². The van der Waals surface area contributed by atoms with E-state index in [1.54, 1.807) is 12.3 Å². The molecule has 0 bridgehead atoms. The van der Waals surface area contributed by atoms with Gasteiger partial charge in [-0.15, -0.1) is 0 Å². The summed E-state index contributed by atoms with van der Waals surface area (Å²) in [5.41, 5.74) is 2.14. The van der Waals surface area contributed by atoms with Crippen molar-refractivity contribution in [3.05, 3.63) is 36.7 Å². The maximum atomic E-state index is 4.13. The minimum absolute atomic E-state index is 1.02. The van der Waals surface area contributed by atoms with Crippen molar-refractivity contribution in [1.82, 2.24) is 9.78 Å². The fourth-order valence-electron chi connectivity index (χ4n) is 0.966. The molecule has 58 valence electrons. The zero-order valence-electron chi connectivity index (χ0n) is 6.91. The Kier molecular flexibility index (Phi) is 2.26. The van der Waals surface area contributed by atoms with E-state index in [0.717, 1.165) is 11.4 Å². The molecule has 0 radical (unpaired) electrons. The summed E-state index contributed by atoms with van der Waals surface area (Å²) in [6, 6.07) is 1.97. The first-order valence-corrected chi connectivity index (χ1v) is 3.59. The molecule has 0 aliphatic carbocycles. The molecule has 0 aliphatic heterocycles. The lowest BCUT2D eigenvalue weighted by atomic mass is 10.4. The van der Waals surface area contributed by atoms with Gasteiger partial charge in [-0.2, -0.15) is 5.10 Å². The van der Waals surface area contributed by atoms with Crippen molar-refractivity contribution in [2.45, 2.75) is 13.8 Å². The molecule has 0 aromatic carbocycles. The van der Waals surface area contributed by atoms with Crippen molar-refractivity contribution in [3.63, 3.8) is 0 Å². The van der Waals surface area contributed by atoms with E-state index in [4.69, 9.17) is 0 Å². The molecule has 0 saturated carbocycles. The summed E-state index contributed by atoms with van der Waals surface area (Å²) in [6.45, 7) is 7.68. The molecule has 0 saturated heterocycles. The number of aromatic nitrogens is 2. The molecule has 0 fully saturated rings. The van der Waals surface area contributed by atoms with Crippen LogP contribution >= 0.6 is 0 Å². The highest BCUT2D eigenvalue weighted by Crippen LogP contribution is 2.06. The average Bonchev–Trinajstić information content (AvgIpc) is 2.40. The van der Waals surface area contributed by atoms with Gasteiger partial charge in [-0.25, -0.2) is 4.68 Å². The third-order valence-electron chi connectivity index (χ3n) is 1.58. The van der Waals surface area contributed by atoms with Crippen LogP contribution in [0.25, 0.3) is 5.70 Å². The van der Waals surface area contributed by atoms with Crippen LogP contribution in [0.3, 0.4) is 0 Å². The summed E-state index contributed by atoms with van der Waals surface area (Å²) in [7, 11) is 0. The minimum atomic E-state index is 1.02. The topological polar surface area (TPSA) is 17.8 Å². The number of nitrogens with zero attached hydrogens (tertiary/aromatic N) is 2. The average molecular weight is 148 g/mol. The number of hydrogen-bond acceptors (Lipinski definition) is 1.